The molecule has 20 heavy (non-hydrogen) atoms. The molecule has 0 aliphatic carbocycles. The number of rotatable bonds is 10. The fraction of sp³-hybridized carbons (Fsp3) is 1.00. The van der Waals surface area contributed by atoms with Crippen molar-refractivity contribution >= 4 is 0 Å². The van der Waals surface area contributed by atoms with Crippen molar-refractivity contribution in [2.24, 2.45) is 0 Å². The zero-order valence-electron chi connectivity index (χ0n) is 13.7. The summed E-state index contributed by atoms with van der Waals surface area (Å²) in [5, 5.41) is 13.0. The number of aliphatic hydroxyl groups excluding tert-OH is 1. The first kappa shape index (κ1) is 17.9. The van der Waals surface area contributed by atoms with Gasteiger partial charge in [-0.3, -0.25) is 4.90 Å². The van der Waals surface area contributed by atoms with Crippen molar-refractivity contribution in [3.05, 3.63) is 0 Å². The van der Waals surface area contributed by atoms with Crippen LogP contribution in [0, 0.1) is 0 Å². The van der Waals surface area contributed by atoms with E-state index in [2.05, 4.69) is 31.0 Å². The predicted molar refractivity (Wildman–Crippen MR) is 84.1 cm³/mol. The van der Waals surface area contributed by atoms with E-state index in [1.165, 1.54) is 19.3 Å². The van der Waals surface area contributed by atoms with E-state index in [4.69, 9.17) is 4.74 Å². The van der Waals surface area contributed by atoms with Crippen LogP contribution < -0.4 is 5.32 Å². The van der Waals surface area contributed by atoms with Crippen molar-refractivity contribution in [1.29, 1.82) is 0 Å². The Hall–Kier alpha value is -0.160. The molecule has 2 atom stereocenters. The van der Waals surface area contributed by atoms with Gasteiger partial charge in [0.2, 0.25) is 0 Å². The molecule has 0 aromatic carbocycles. The number of hydrogen-bond acceptors (Lipinski definition) is 4. The molecule has 2 unspecified atom stereocenters. The van der Waals surface area contributed by atoms with Crippen LogP contribution in [0.4, 0.5) is 0 Å². The topological polar surface area (TPSA) is 44.7 Å². The molecule has 0 saturated carbocycles. The summed E-state index contributed by atoms with van der Waals surface area (Å²) < 4.78 is 5.54. The molecule has 0 radical (unpaired) electrons. The van der Waals surface area contributed by atoms with E-state index in [-0.39, 0.29) is 12.1 Å². The maximum Gasteiger partial charge on any atom is 0.0622 e. The highest BCUT2D eigenvalue weighted by Crippen LogP contribution is 2.16. The third-order valence-corrected chi connectivity index (χ3v) is 4.40. The van der Waals surface area contributed by atoms with Gasteiger partial charge in [0.15, 0.2) is 0 Å². The van der Waals surface area contributed by atoms with Crippen LogP contribution in [-0.2, 0) is 4.74 Å². The highest BCUT2D eigenvalue weighted by molar-refractivity contribution is 4.82. The standard InChI is InChI=1S/C16H34N2O2/c1-4-9-17-16(3,14-19)8-6-7-10-18-11-12-20-13-15(18)5-2/h15,17,19H,4-14H2,1-3H3. The number of morpholine rings is 1. The normalized spacial score (nSPS) is 23.7. The number of nitrogens with zero attached hydrogens (tertiary/aromatic N) is 1. The minimum Gasteiger partial charge on any atom is -0.394 e. The average Bonchev–Trinajstić information content (AvgIpc) is 2.50. The van der Waals surface area contributed by atoms with Gasteiger partial charge in [-0.05, 0) is 45.7 Å². The maximum absolute atomic E-state index is 9.55. The summed E-state index contributed by atoms with van der Waals surface area (Å²) in [4.78, 5) is 2.57. The number of hydrogen-bond donors (Lipinski definition) is 2. The Labute approximate surface area is 124 Å². The molecule has 1 heterocycles. The Morgan fingerprint density at radius 3 is 2.80 bits per heavy atom. The van der Waals surface area contributed by atoms with Crippen molar-refractivity contribution in [2.45, 2.75) is 64.5 Å². The van der Waals surface area contributed by atoms with Crippen LogP contribution in [0.15, 0.2) is 0 Å². The molecular formula is C16H34N2O2. The first-order valence-corrected chi connectivity index (χ1v) is 8.33. The molecule has 0 aromatic rings. The quantitative estimate of drug-likeness (QED) is 0.603. The summed E-state index contributed by atoms with van der Waals surface area (Å²) in [5.41, 5.74) is -0.106. The van der Waals surface area contributed by atoms with Crippen LogP contribution >= 0.6 is 0 Å². The SMILES string of the molecule is CCCNC(C)(CO)CCCCN1CCOCC1CC. The second-order valence-corrected chi connectivity index (χ2v) is 6.28. The maximum atomic E-state index is 9.55. The Morgan fingerprint density at radius 1 is 1.35 bits per heavy atom. The third-order valence-electron chi connectivity index (χ3n) is 4.40. The lowest BCUT2D eigenvalue weighted by atomic mass is 9.95. The average molecular weight is 286 g/mol. The minimum atomic E-state index is -0.106. The molecule has 1 fully saturated rings. The summed E-state index contributed by atoms with van der Waals surface area (Å²) >= 11 is 0. The number of unbranched alkanes of at least 4 members (excludes halogenated alkanes) is 1. The zero-order valence-corrected chi connectivity index (χ0v) is 13.7. The van der Waals surface area contributed by atoms with Gasteiger partial charge in [0, 0.05) is 18.1 Å². The first-order valence-electron chi connectivity index (χ1n) is 8.33. The molecule has 0 aromatic heterocycles. The summed E-state index contributed by atoms with van der Waals surface area (Å²) in [5.74, 6) is 0. The van der Waals surface area contributed by atoms with Crippen LogP contribution in [0.3, 0.4) is 0 Å². The monoisotopic (exact) mass is 286 g/mol. The van der Waals surface area contributed by atoms with Gasteiger partial charge >= 0.3 is 0 Å². The lowest BCUT2D eigenvalue weighted by Crippen LogP contribution is -2.47. The summed E-state index contributed by atoms with van der Waals surface area (Å²) in [6.07, 6.45) is 5.71. The van der Waals surface area contributed by atoms with E-state index in [0.717, 1.165) is 45.7 Å². The molecule has 0 bridgehead atoms. The van der Waals surface area contributed by atoms with Crippen molar-refractivity contribution in [2.75, 3.05) is 39.5 Å². The molecule has 1 aliphatic heterocycles. The number of aliphatic hydroxyl groups is 1. The van der Waals surface area contributed by atoms with E-state index < -0.39 is 0 Å². The highest BCUT2D eigenvalue weighted by Gasteiger charge is 2.23. The van der Waals surface area contributed by atoms with Gasteiger partial charge in [0.25, 0.3) is 0 Å². The molecule has 0 amide bonds. The van der Waals surface area contributed by atoms with Crippen LogP contribution in [0.25, 0.3) is 0 Å². The smallest absolute Gasteiger partial charge is 0.0622 e. The van der Waals surface area contributed by atoms with Gasteiger partial charge in [0.05, 0.1) is 19.8 Å². The van der Waals surface area contributed by atoms with Crippen molar-refractivity contribution < 1.29 is 9.84 Å². The van der Waals surface area contributed by atoms with Gasteiger partial charge in [-0.25, -0.2) is 0 Å². The van der Waals surface area contributed by atoms with E-state index in [1.54, 1.807) is 0 Å². The van der Waals surface area contributed by atoms with Gasteiger partial charge in [-0.15, -0.1) is 0 Å². The molecule has 0 spiro atoms. The van der Waals surface area contributed by atoms with Crippen LogP contribution in [0.5, 0.6) is 0 Å². The molecule has 4 heteroatoms. The molecular weight excluding hydrogens is 252 g/mol. The van der Waals surface area contributed by atoms with Gasteiger partial charge in [-0.1, -0.05) is 20.3 Å². The van der Waals surface area contributed by atoms with Crippen molar-refractivity contribution in [3.63, 3.8) is 0 Å². The Morgan fingerprint density at radius 2 is 2.15 bits per heavy atom. The van der Waals surface area contributed by atoms with Crippen molar-refractivity contribution in [1.82, 2.24) is 10.2 Å². The zero-order chi connectivity index (χ0) is 14.8. The molecule has 2 N–H and O–H groups in total. The molecule has 1 aliphatic rings. The second kappa shape index (κ2) is 9.72. The van der Waals surface area contributed by atoms with Crippen LogP contribution in [-0.4, -0.2) is 61.0 Å². The summed E-state index contributed by atoms with van der Waals surface area (Å²) in [7, 11) is 0. The Bertz CT molecular complexity index is 251. The fourth-order valence-corrected chi connectivity index (χ4v) is 2.84. The lowest BCUT2D eigenvalue weighted by molar-refractivity contribution is -0.00945. The van der Waals surface area contributed by atoms with Crippen molar-refractivity contribution in [3.8, 4) is 0 Å². The first-order chi connectivity index (χ1) is 9.65. The Balaban J connectivity index is 2.22. The van der Waals surface area contributed by atoms with E-state index >= 15 is 0 Å². The van der Waals surface area contributed by atoms with Crippen LogP contribution in [0.2, 0.25) is 0 Å². The third kappa shape index (κ3) is 6.08. The summed E-state index contributed by atoms with van der Waals surface area (Å²) in [6.45, 7) is 11.7. The molecule has 1 rings (SSSR count). The van der Waals surface area contributed by atoms with E-state index in [0.29, 0.717) is 6.04 Å². The minimum absolute atomic E-state index is 0.106. The van der Waals surface area contributed by atoms with Gasteiger partial charge in [-0.2, -0.15) is 0 Å². The predicted octanol–water partition coefficient (Wildman–Crippen LogP) is 2.02. The lowest BCUT2D eigenvalue weighted by Gasteiger charge is -2.35. The summed E-state index contributed by atoms with van der Waals surface area (Å²) in [6, 6.07) is 0.603. The van der Waals surface area contributed by atoms with Crippen LogP contribution in [0.1, 0.15) is 52.9 Å². The molecule has 4 nitrogen and oxygen atoms in total. The van der Waals surface area contributed by atoms with E-state index in [9.17, 15) is 5.11 Å². The van der Waals surface area contributed by atoms with Gasteiger partial charge in [0.1, 0.15) is 0 Å². The second-order valence-electron chi connectivity index (χ2n) is 6.28. The Kier molecular flexibility index (Phi) is 8.69. The van der Waals surface area contributed by atoms with Gasteiger partial charge < -0.3 is 15.2 Å². The number of nitrogens with one attached hydrogen (secondary N) is 1. The molecule has 120 valence electrons. The largest absolute Gasteiger partial charge is 0.394 e. The highest BCUT2D eigenvalue weighted by atomic mass is 16.5. The molecule has 1 saturated heterocycles. The number of ether oxygens (including phenoxy) is 1. The van der Waals surface area contributed by atoms with E-state index in [1.807, 2.05) is 0 Å². The fourth-order valence-electron chi connectivity index (χ4n) is 2.84.